The number of nitrogens with one attached hydrogen (secondary N) is 1. The normalized spacial score (nSPS) is 16.3. The zero-order valence-electron chi connectivity index (χ0n) is 13.2. The van der Waals surface area contributed by atoms with Gasteiger partial charge in [0.1, 0.15) is 0 Å². The standard InChI is InChI=1S/C15H23N3O3S/c1-12(2)17(3)22(20,21)14-6-4-5-13(11-14)15(19)18-9-7-16-8-10-18/h4-6,11-12,16H,7-10H2,1-3H3. The zero-order chi connectivity index (χ0) is 16.3. The summed E-state index contributed by atoms with van der Waals surface area (Å²) in [6.07, 6.45) is 0. The number of carbonyl (C=O) groups excluding carboxylic acids is 1. The van der Waals surface area contributed by atoms with E-state index in [0.717, 1.165) is 13.1 Å². The number of nitrogens with zero attached hydrogens (tertiary/aromatic N) is 2. The van der Waals surface area contributed by atoms with Crippen LogP contribution in [0.15, 0.2) is 29.2 Å². The lowest BCUT2D eigenvalue weighted by atomic mass is 10.2. The van der Waals surface area contributed by atoms with Crippen molar-refractivity contribution in [1.82, 2.24) is 14.5 Å². The average molecular weight is 325 g/mol. The van der Waals surface area contributed by atoms with E-state index in [1.807, 2.05) is 13.8 Å². The van der Waals surface area contributed by atoms with Gasteiger partial charge < -0.3 is 10.2 Å². The summed E-state index contributed by atoms with van der Waals surface area (Å²) in [6.45, 7) is 6.43. The van der Waals surface area contributed by atoms with Crippen LogP contribution in [0.5, 0.6) is 0 Å². The van der Waals surface area contributed by atoms with Crippen LogP contribution in [0, 0.1) is 0 Å². The molecule has 0 saturated carbocycles. The van der Waals surface area contributed by atoms with Crippen LogP contribution < -0.4 is 5.32 Å². The van der Waals surface area contributed by atoms with Gasteiger partial charge in [-0.15, -0.1) is 0 Å². The Labute approximate surface area is 132 Å². The Bertz CT molecular complexity index is 637. The number of hydrogen-bond donors (Lipinski definition) is 1. The molecule has 1 aromatic carbocycles. The van der Waals surface area contributed by atoms with E-state index in [2.05, 4.69) is 5.32 Å². The van der Waals surface area contributed by atoms with Crippen molar-refractivity contribution in [2.45, 2.75) is 24.8 Å². The van der Waals surface area contributed by atoms with Crippen molar-refractivity contribution in [3.05, 3.63) is 29.8 Å². The number of benzene rings is 1. The van der Waals surface area contributed by atoms with Crippen molar-refractivity contribution in [2.75, 3.05) is 33.2 Å². The Kier molecular flexibility index (Phi) is 5.20. The molecule has 1 aliphatic heterocycles. The van der Waals surface area contributed by atoms with E-state index in [4.69, 9.17) is 0 Å². The molecule has 0 aliphatic carbocycles. The Balaban J connectivity index is 2.28. The van der Waals surface area contributed by atoms with Crippen LogP contribution >= 0.6 is 0 Å². The highest BCUT2D eigenvalue weighted by molar-refractivity contribution is 7.89. The van der Waals surface area contributed by atoms with Gasteiger partial charge in [-0.1, -0.05) is 6.07 Å². The van der Waals surface area contributed by atoms with E-state index in [1.165, 1.54) is 16.4 Å². The maximum absolute atomic E-state index is 12.5. The molecule has 0 radical (unpaired) electrons. The SMILES string of the molecule is CC(C)N(C)S(=O)(=O)c1cccc(C(=O)N2CCNCC2)c1. The molecule has 1 saturated heterocycles. The van der Waals surface area contributed by atoms with Gasteiger partial charge in [-0.05, 0) is 32.0 Å². The first-order valence-electron chi connectivity index (χ1n) is 7.42. The highest BCUT2D eigenvalue weighted by Crippen LogP contribution is 2.18. The summed E-state index contributed by atoms with van der Waals surface area (Å²) in [6, 6.07) is 6.15. The number of piperazine rings is 1. The minimum Gasteiger partial charge on any atom is -0.336 e. The van der Waals surface area contributed by atoms with Crippen molar-refractivity contribution in [1.29, 1.82) is 0 Å². The van der Waals surface area contributed by atoms with Crippen LogP contribution in [0.2, 0.25) is 0 Å². The van der Waals surface area contributed by atoms with Crippen molar-refractivity contribution in [3.8, 4) is 0 Å². The zero-order valence-corrected chi connectivity index (χ0v) is 14.1. The smallest absolute Gasteiger partial charge is 0.253 e. The molecule has 22 heavy (non-hydrogen) atoms. The summed E-state index contributed by atoms with van der Waals surface area (Å²) in [5.41, 5.74) is 0.417. The predicted octanol–water partition coefficient (Wildman–Crippen LogP) is 0.761. The number of rotatable bonds is 4. The van der Waals surface area contributed by atoms with Crippen LogP contribution in [0.25, 0.3) is 0 Å². The van der Waals surface area contributed by atoms with E-state index < -0.39 is 10.0 Å². The summed E-state index contributed by atoms with van der Waals surface area (Å²) in [4.78, 5) is 14.4. The maximum atomic E-state index is 12.5. The minimum absolute atomic E-state index is 0.120. The Morgan fingerprint density at radius 2 is 1.91 bits per heavy atom. The van der Waals surface area contributed by atoms with Crippen molar-refractivity contribution >= 4 is 15.9 Å². The monoisotopic (exact) mass is 325 g/mol. The summed E-state index contributed by atoms with van der Waals surface area (Å²) < 4.78 is 26.3. The Morgan fingerprint density at radius 3 is 2.50 bits per heavy atom. The molecule has 1 heterocycles. The fraction of sp³-hybridized carbons (Fsp3) is 0.533. The summed E-state index contributed by atoms with van der Waals surface area (Å²) in [5.74, 6) is -0.120. The highest BCUT2D eigenvalue weighted by Gasteiger charge is 2.25. The molecular weight excluding hydrogens is 302 g/mol. The minimum atomic E-state index is -3.57. The first kappa shape index (κ1) is 16.9. The van der Waals surface area contributed by atoms with Crippen LogP contribution in [0.4, 0.5) is 0 Å². The predicted molar refractivity (Wildman–Crippen MR) is 85.3 cm³/mol. The summed E-state index contributed by atoms with van der Waals surface area (Å²) in [5, 5.41) is 3.19. The molecule has 0 bridgehead atoms. The highest BCUT2D eigenvalue weighted by atomic mass is 32.2. The van der Waals surface area contributed by atoms with Gasteiger partial charge in [0.2, 0.25) is 10.0 Å². The third-order valence-electron chi connectivity index (χ3n) is 3.89. The van der Waals surface area contributed by atoms with E-state index in [1.54, 1.807) is 24.1 Å². The molecule has 1 aromatic rings. The van der Waals surface area contributed by atoms with Crippen LogP contribution in [-0.2, 0) is 10.0 Å². The van der Waals surface area contributed by atoms with E-state index in [9.17, 15) is 13.2 Å². The lowest BCUT2D eigenvalue weighted by Crippen LogP contribution is -2.46. The molecule has 7 heteroatoms. The topological polar surface area (TPSA) is 69.7 Å². The molecule has 1 amide bonds. The van der Waals surface area contributed by atoms with Gasteiger partial charge in [-0.3, -0.25) is 4.79 Å². The van der Waals surface area contributed by atoms with Crippen LogP contribution in [-0.4, -0.2) is 62.8 Å². The third kappa shape index (κ3) is 3.48. The van der Waals surface area contributed by atoms with Crippen molar-refractivity contribution in [2.24, 2.45) is 0 Å². The first-order valence-corrected chi connectivity index (χ1v) is 8.86. The fourth-order valence-corrected chi connectivity index (χ4v) is 3.70. The molecule has 1 aliphatic rings. The quantitative estimate of drug-likeness (QED) is 0.887. The second-order valence-corrected chi connectivity index (χ2v) is 7.68. The summed E-state index contributed by atoms with van der Waals surface area (Å²) in [7, 11) is -2.03. The molecule has 122 valence electrons. The second kappa shape index (κ2) is 6.76. The van der Waals surface area contributed by atoms with Gasteiger partial charge in [-0.2, -0.15) is 4.31 Å². The van der Waals surface area contributed by atoms with Gasteiger partial charge in [0.15, 0.2) is 0 Å². The third-order valence-corrected chi connectivity index (χ3v) is 5.92. The summed E-state index contributed by atoms with van der Waals surface area (Å²) >= 11 is 0. The Morgan fingerprint density at radius 1 is 1.27 bits per heavy atom. The average Bonchev–Trinajstić information content (AvgIpc) is 2.54. The molecule has 0 spiro atoms. The van der Waals surface area contributed by atoms with E-state index in [0.29, 0.717) is 18.7 Å². The Hall–Kier alpha value is -1.44. The maximum Gasteiger partial charge on any atom is 0.253 e. The molecule has 1 fully saturated rings. The number of sulfonamides is 1. The first-order chi connectivity index (χ1) is 10.3. The van der Waals surface area contributed by atoms with Crippen molar-refractivity contribution < 1.29 is 13.2 Å². The molecular formula is C15H23N3O3S. The number of amides is 1. The molecule has 0 atom stereocenters. The second-order valence-electron chi connectivity index (χ2n) is 5.69. The lowest BCUT2D eigenvalue weighted by molar-refractivity contribution is 0.0735. The molecule has 0 unspecified atom stereocenters. The fourth-order valence-electron chi connectivity index (χ4n) is 2.28. The lowest BCUT2D eigenvalue weighted by Gasteiger charge is -2.27. The number of hydrogen-bond acceptors (Lipinski definition) is 4. The van der Waals surface area contributed by atoms with Gasteiger partial charge in [0.05, 0.1) is 4.90 Å². The van der Waals surface area contributed by atoms with Crippen LogP contribution in [0.3, 0.4) is 0 Å². The largest absolute Gasteiger partial charge is 0.336 e. The van der Waals surface area contributed by atoms with Gasteiger partial charge in [-0.25, -0.2) is 8.42 Å². The van der Waals surface area contributed by atoms with E-state index in [-0.39, 0.29) is 16.8 Å². The van der Waals surface area contributed by atoms with Gasteiger partial charge in [0.25, 0.3) is 5.91 Å². The van der Waals surface area contributed by atoms with Gasteiger partial charge in [0, 0.05) is 44.8 Å². The van der Waals surface area contributed by atoms with Gasteiger partial charge >= 0.3 is 0 Å². The molecule has 1 N–H and O–H groups in total. The van der Waals surface area contributed by atoms with E-state index >= 15 is 0 Å². The number of carbonyl (C=O) groups is 1. The molecule has 0 aromatic heterocycles. The van der Waals surface area contributed by atoms with Crippen LogP contribution in [0.1, 0.15) is 24.2 Å². The van der Waals surface area contributed by atoms with Crippen molar-refractivity contribution in [3.63, 3.8) is 0 Å². The molecule has 6 nitrogen and oxygen atoms in total. The molecule has 2 rings (SSSR count).